The topological polar surface area (TPSA) is 93.5 Å². The van der Waals surface area contributed by atoms with Gasteiger partial charge in [-0.15, -0.1) is 0 Å². The van der Waals surface area contributed by atoms with Crippen molar-refractivity contribution in [2.45, 2.75) is 47.3 Å². The first-order valence-electron chi connectivity index (χ1n) is 8.63. The molecule has 1 aromatic heterocycles. The van der Waals surface area contributed by atoms with Gasteiger partial charge in [0, 0.05) is 23.4 Å². The minimum Gasteiger partial charge on any atom is -0.467 e. The van der Waals surface area contributed by atoms with Gasteiger partial charge in [-0.05, 0) is 26.7 Å². The maximum absolute atomic E-state index is 12.2. The van der Waals surface area contributed by atoms with Crippen LogP contribution in [0.4, 0.5) is 0 Å². The lowest BCUT2D eigenvalue weighted by atomic mass is 10.0. The number of thiazole rings is 1. The molecule has 0 aliphatic carbocycles. The number of carbonyl (C=O) groups is 1. The van der Waals surface area contributed by atoms with Crippen molar-refractivity contribution in [3.05, 3.63) is 22.3 Å². The van der Waals surface area contributed by atoms with Crippen LogP contribution in [0.3, 0.4) is 0 Å². The molecule has 0 aliphatic rings. The molecule has 26 heavy (non-hydrogen) atoms. The van der Waals surface area contributed by atoms with E-state index in [9.17, 15) is 10.1 Å². The summed E-state index contributed by atoms with van der Waals surface area (Å²) in [5.74, 6) is -0.681. The van der Waals surface area contributed by atoms with Crippen molar-refractivity contribution in [2.24, 2.45) is 5.92 Å². The van der Waals surface area contributed by atoms with E-state index in [1.807, 2.05) is 40.7 Å². The van der Waals surface area contributed by atoms with E-state index in [4.69, 9.17) is 14.2 Å². The molecule has 1 heterocycles. The minimum atomic E-state index is -0.642. The molecule has 1 aromatic rings. The van der Waals surface area contributed by atoms with Crippen LogP contribution in [-0.4, -0.2) is 36.9 Å². The van der Waals surface area contributed by atoms with Crippen LogP contribution in [0.2, 0.25) is 0 Å². The van der Waals surface area contributed by atoms with Crippen molar-refractivity contribution in [3.63, 3.8) is 0 Å². The number of nitrogens with zero attached hydrogens (tertiary/aromatic N) is 2. The Hall–Kier alpha value is -2.11. The SMILES string of the molecule is CCOCCOC(=O)/C(C#N)=C(\NCc1cnc(OC(C)C)s1)C(C)C. The third kappa shape index (κ3) is 7.42. The van der Waals surface area contributed by atoms with Gasteiger partial charge in [0.05, 0.1) is 19.3 Å². The van der Waals surface area contributed by atoms with E-state index >= 15 is 0 Å². The van der Waals surface area contributed by atoms with Gasteiger partial charge in [-0.3, -0.25) is 0 Å². The number of ether oxygens (including phenoxy) is 3. The van der Waals surface area contributed by atoms with Crippen molar-refractivity contribution in [2.75, 3.05) is 19.8 Å². The highest BCUT2D eigenvalue weighted by molar-refractivity contribution is 7.13. The van der Waals surface area contributed by atoms with Crippen LogP contribution in [0, 0.1) is 17.2 Å². The maximum atomic E-state index is 12.2. The maximum Gasteiger partial charge on any atom is 0.350 e. The second kappa shape index (κ2) is 11.5. The van der Waals surface area contributed by atoms with Gasteiger partial charge in [-0.2, -0.15) is 5.26 Å². The summed E-state index contributed by atoms with van der Waals surface area (Å²) < 4.78 is 15.8. The number of nitrogens with one attached hydrogen (secondary N) is 1. The zero-order valence-electron chi connectivity index (χ0n) is 16.0. The fraction of sp³-hybridized carbons (Fsp3) is 0.611. The van der Waals surface area contributed by atoms with Crippen molar-refractivity contribution in [1.82, 2.24) is 10.3 Å². The fourth-order valence-corrected chi connectivity index (χ4v) is 2.84. The van der Waals surface area contributed by atoms with Crippen molar-refractivity contribution in [3.8, 4) is 11.3 Å². The lowest BCUT2D eigenvalue weighted by Gasteiger charge is -2.16. The number of allylic oxidation sites excluding steroid dienone is 1. The van der Waals surface area contributed by atoms with E-state index in [0.717, 1.165) is 4.88 Å². The third-order valence-corrected chi connectivity index (χ3v) is 4.04. The summed E-state index contributed by atoms with van der Waals surface area (Å²) in [5.41, 5.74) is 0.535. The second-order valence-electron chi connectivity index (χ2n) is 6.00. The van der Waals surface area contributed by atoms with Gasteiger partial charge >= 0.3 is 5.97 Å². The van der Waals surface area contributed by atoms with Gasteiger partial charge in [0.2, 0.25) is 0 Å². The summed E-state index contributed by atoms with van der Waals surface area (Å²) in [4.78, 5) is 17.3. The quantitative estimate of drug-likeness (QED) is 0.272. The van der Waals surface area contributed by atoms with Gasteiger partial charge in [0.25, 0.3) is 5.19 Å². The Morgan fingerprint density at radius 2 is 2.08 bits per heavy atom. The Morgan fingerprint density at radius 1 is 1.35 bits per heavy atom. The second-order valence-corrected chi connectivity index (χ2v) is 7.08. The Labute approximate surface area is 159 Å². The molecule has 0 saturated carbocycles. The van der Waals surface area contributed by atoms with Gasteiger partial charge in [-0.1, -0.05) is 25.2 Å². The molecular weight excluding hydrogens is 354 g/mol. The molecule has 1 rings (SSSR count). The predicted octanol–water partition coefficient (Wildman–Crippen LogP) is 3.03. The minimum absolute atomic E-state index is 0.0142. The molecule has 8 heteroatoms. The normalized spacial score (nSPS) is 11.9. The van der Waals surface area contributed by atoms with Crippen molar-refractivity contribution in [1.29, 1.82) is 5.26 Å². The van der Waals surface area contributed by atoms with Gasteiger partial charge in [0.1, 0.15) is 12.7 Å². The molecule has 0 saturated heterocycles. The predicted molar refractivity (Wildman–Crippen MR) is 99.6 cm³/mol. The number of esters is 1. The number of aromatic nitrogens is 1. The number of hydrogen-bond acceptors (Lipinski definition) is 8. The molecule has 0 fully saturated rings. The molecule has 0 spiro atoms. The van der Waals surface area contributed by atoms with Crippen LogP contribution in [-0.2, 0) is 20.8 Å². The Balaban J connectivity index is 2.77. The van der Waals surface area contributed by atoms with Crippen LogP contribution in [0.1, 0.15) is 39.5 Å². The number of nitriles is 1. The molecule has 0 unspecified atom stereocenters. The average Bonchev–Trinajstić information content (AvgIpc) is 3.01. The van der Waals surface area contributed by atoms with Crippen LogP contribution in [0.25, 0.3) is 0 Å². The summed E-state index contributed by atoms with van der Waals surface area (Å²) in [7, 11) is 0. The first-order valence-corrected chi connectivity index (χ1v) is 9.45. The first-order chi connectivity index (χ1) is 12.4. The van der Waals surface area contributed by atoms with Crippen molar-refractivity contribution < 1.29 is 19.0 Å². The highest BCUT2D eigenvalue weighted by Crippen LogP contribution is 2.22. The lowest BCUT2D eigenvalue weighted by molar-refractivity contribution is -0.140. The van der Waals surface area contributed by atoms with Crippen molar-refractivity contribution >= 4 is 17.3 Å². The molecule has 0 aliphatic heterocycles. The standard InChI is InChI=1S/C18H27N3O4S/c1-6-23-7-8-24-17(22)15(9-19)16(12(2)3)20-10-14-11-21-18(26-14)25-13(4)5/h11-13,20H,6-8,10H2,1-5H3/b16-15-. The highest BCUT2D eigenvalue weighted by Gasteiger charge is 2.19. The largest absolute Gasteiger partial charge is 0.467 e. The van der Waals surface area contributed by atoms with Crippen LogP contribution >= 0.6 is 11.3 Å². The molecule has 7 nitrogen and oxygen atoms in total. The summed E-state index contributed by atoms with van der Waals surface area (Å²) in [5, 5.41) is 13.2. The number of hydrogen-bond donors (Lipinski definition) is 1. The summed E-state index contributed by atoms with van der Waals surface area (Å²) in [6.07, 6.45) is 1.78. The number of rotatable bonds is 11. The third-order valence-electron chi connectivity index (χ3n) is 3.15. The van der Waals surface area contributed by atoms with E-state index < -0.39 is 5.97 Å². The van der Waals surface area contributed by atoms with Crippen LogP contribution in [0.15, 0.2) is 17.5 Å². The van der Waals surface area contributed by atoms with E-state index in [1.54, 1.807) is 6.20 Å². The first kappa shape index (κ1) is 21.9. The summed E-state index contributed by atoms with van der Waals surface area (Å²) in [6.45, 7) is 11.0. The molecule has 0 aromatic carbocycles. The Bertz CT molecular complexity index is 647. The van der Waals surface area contributed by atoms with Gasteiger partial charge < -0.3 is 19.5 Å². The van der Waals surface area contributed by atoms with E-state index in [2.05, 4.69) is 10.3 Å². The molecule has 0 radical (unpaired) electrons. The van der Waals surface area contributed by atoms with Crippen LogP contribution in [0.5, 0.6) is 5.19 Å². The smallest absolute Gasteiger partial charge is 0.350 e. The Morgan fingerprint density at radius 3 is 2.65 bits per heavy atom. The van der Waals surface area contributed by atoms with Gasteiger partial charge in [-0.25, -0.2) is 9.78 Å². The van der Waals surface area contributed by atoms with Gasteiger partial charge in [0.15, 0.2) is 5.57 Å². The molecule has 0 atom stereocenters. The molecular formula is C18H27N3O4S. The van der Waals surface area contributed by atoms with Crippen LogP contribution < -0.4 is 10.1 Å². The zero-order valence-corrected chi connectivity index (χ0v) is 16.8. The van der Waals surface area contributed by atoms with E-state index in [1.165, 1.54) is 11.3 Å². The molecule has 1 N–H and O–H groups in total. The summed E-state index contributed by atoms with van der Waals surface area (Å²) >= 11 is 1.43. The van der Waals surface area contributed by atoms with E-state index in [-0.39, 0.29) is 24.2 Å². The fourth-order valence-electron chi connectivity index (χ4n) is 2.02. The highest BCUT2D eigenvalue weighted by atomic mass is 32.1. The monoisotopic (exact) mass is 381 g/mol. The average molecular weight is 381 g/mol. The Kier molecular flexibility index (Phi) is 9.70. The van der Waals surface area contributed by atoms with E-state index in [0.29, 0.717) is 30.6 Å². The summed E-state index contributed by atoms with van der Waals surface area (Å²) in [6, 6.07) is 1.96. The molecule has 0 amide bonds. The lowest BCUT2D eigenvalue weighted by Crippen LogP contribution is -2.23. The molecule has 144 valence electrons. The number of carbonyl (C=O) groups excluding carboxylic acids is 1. The zero-order chi connectivity index (χ0) is 19.5. The molecule has 0 bridgehead atoms.